The quantitative estimate of drug-likeness (QED) is 0.883. The molecule has 1 N–H and O–H groups in total. The van der Waals surface area contributed by atoms with E-state index in [1.807, 2.05) is 18.2 Å². The van der Waals surface area contributed by atoms with Crippen molar-refractivity contribution in [2.24, 2.45) is 5.92 Å². The number of halogens is 1. The van der Waals surface area contributed by atoms with Gasteiger partial charge in [0.2, 0.25) is 5.91 Å². The van der Waals surface area contributed by atoms with Gasteiger partial charge in [0.05, 0.1) is 15.6 Å². The molecule has 0 spiro atoms. The fourth-order valence-corrected chi connectivity index (χ4v) is 4.16. The van der Waals surface area contributed by atoms with Crippen molar-refractivity contribution < 1.29 is 4.79 Å². The molecule has 24 heavy (non-hydrogen) atoms. The van der Waals surface area contributed by atoms with Gasteiger partial charge in [-0.05, 0) is 45.6 Å². The summed E-state index contributed by atoms with van der Waals surface area (Å²) in [7, 11) is 4.15. The maximum absolute atomic E-state index is 12.6. The normalized spacial score (nSPS) is 19.1. The molecule has 0 radical (unpaired) electrons. The van der Waals surface area contributed by atoms with Crippen LogP contribution in [0.4, 0.5) is 5.13 Å². The predicted molar refractivity (Wildman–Crippen MR) is 101 cm³/mol. The molecule has 0 aliphatic carbocycles. The van der Waals surface area contributed by atoms with Gasteiger partial charge in [-0.2, -0.15) is 0 Å². The fraction of sp³-hybridized carbons (Fsp3) is 0.529. The molecule has 2 aromatic rings. The first-order chi connectivity index (χ1) is 11.5. The molecule has 1 aromatic carbocycles. The van der Waals surface area contributed by atoms with Crippen LogP contribution >= 0.6 is 22.9 Å². The van der Waals surface area contributed by atoms with Crippen LogP contribution in [0.2, 0.25) is 5.02 Å². The number of fused-ring (bicyclic) bond motifs is 1. The molecule has 5 nitrogen and oxygen atoms in total. The number of benzene rings is 1. The summed E-state index contributed by atoms with van der Waals surface area (Å²) in [4.78, 5) is 21.6. The number of para-hydroxylation sites is 1. The number of likely N-dealkylation sites (N-methyl/N-ethyl adjacent to an activating group) is 1. The number of amides is 1. The summed E-state index contributed by atoms with van der Waals surface area (Å²) in [5.41, 5.74) is 0.760. The molecule has 3 rings (SSSR count). The van der Waals surface area contributed by atoms with Crippen LogP contribution in [-0.2, 0) is 4.79 Å². The van der Waals surface area contributed by atoms with E-state index in [1.54, 1.807) is 0 Å². The summed E-state index contributed by atoms with van der Waals surface area (Å²) in [6.07, 6.45) is 2.01. The Balaban J connectivity index is 1.62. The van der Waals surface area contributed by atoms with E-state index < -0.39 is 0 Å². The van der Waals surface area contributed by atoms with Crippen LogP contribution < -0.4 is 5.32 Å². The lowest BCUT2D eigenvalue weighted by Gasteiger charge is -2.32. The van der Waals surface area contributed by atoms with Crippen molar-refractivity contribution in [2.45, 2.75) is 12.8 Å². The first-order valence-corrected chi connectivity index (χ1v) is 9.45. The third-order valence-electron chi connectivity index (χ3n) is 4.34. The minimum absolute atomic E-state index is 0.0309. The number of hydrogen-bond donors (Lipinski definition) is 1. The average Bonchev–Trinajstić information content (AvgIpc) is 2.97. The first-order valence-electron chi connectivity index (χ1n) is 8.26. The lowest BCUT2D eigenvalue weighted by molar-refractivity contribution is -0.121. The number of carbonyl (C=O) groups excluding carboxylic acids is 1. The topological polar surface area (TPSA) is 48.5 Å². The summed E-state index contributed by atoms with van der Waals surface area (Å²) in [6, 6.07) is 5.69. The zero-order valence-electron chi connectivity index (χ0n) is 14.1. The van der Waals surface area contributed by atoms with E-state index >= 15 is 0 Å². The van der Waals surface area contributed by atoms with Crippen LogP contribution in [0.1, 0.15) is 12.8 Å². The highest BCUT2D eigenvalue weighted by Crippen LogP contribution is 2.31. The van der Waals surface area contributed by atoms with Crippen molar-refractivity contribution in [3.63, 3.8) is 0 Å². The zero-order valence-corrected chi connectivity index (χ0v) is 15.7. The Labute approximate surface area is 151 Å². The molecular formula is C17H23ClN4OS. The van der Waals surface area contributed by atoms with E-state index in [1.165, 1.54) is 11.3 Å². The van der Waals surface area contributed by atoms with E-state index in [2.05, 4.69) is 34.2 Å². The van der Waals surface area contributed by atoms with Crippen molar-refractivity contribution in [1.82, 2.24) is 14.8 Å². The summed E-state index contributed by atoms with van der Waals surface area (Å²) in [5.74, 6) is 0.100. The van der Waals surface area contributed by atoms with Gasteiger partial charge in [0, 0.05) is 19.6 Å². The standard InChI is InChI=1S/C17H23ClN4OS/c1-21(2)9-10-22-8-4-5-12(11-22)16(23)20-17-19-15-13(18)6-3-7-14(15)24-17/h3,6-7,12H,4-5,8-11H2,1-2H3,(H,19,20,23). The van der Waals surface area contributed by atoms with Crippen molar-refractivity contribution in [3.8, 4) is 0 Å². The van der Waals surface area contributed by atoms with Crippen molar-refractivity contribution in [3.05, 3.63) is 23.2 Å². The average molecular weight is 367 g/mol. The SMILES string of the molecule is CN(C)CCN1CCCC(C(=O)Nc2nc3c(Cl)cccc3s2)C1. The van der Waals surface area contributed by atoms with E-state index in [9.17, 15) is 4.79 Å². The van der Waals surface area contributed by atoms with E-state index in [0.29, 0.717) is 10.2 Å². The molecule has 1 aliphatic heterocycles. The van der Waals surface area contributed by atoms with Gasteiger partial charge in [0.15, 0.2) is 5.13 Å². The molecule has 0 bridgehead atoms. The zero-order chi connectivity index (χ0) is 17.1. The molecule has 0 saturated carbocycles. The van der Waals surface area contributed by atoms with Gasteiger partial charge in [0.1, 0.15) is 5.52 Å². The second kappa shape index (κ2) is 7.78. The van der Waals surface area contributed by atoms with E-state index in [0.717, 1.165) is 49.2 Å². The smallest absolute Gasteiger partial charge is 0.230 e. The lowest BCUT2D eigenvalue weighted by atomic mass is 9.97. The van der Waals surface area contributed by atoms with Crippen LogP contribution in [0, 0.1) is 5.92 Å². The van der Waals surface area contributed by atoms with Crippen molar-refractivity contribution >= 4 is 44.2 Å². The summed E-state index contributed by atoms with van der Waals surface area (Å²) in [5, 5.41) is 4.24. The number of thiazole rings is 1. The lowest BCUT2D eigenvalue weighted by Crippen LogP contribution is -2.43. The van der Waals surface area contributed by atoms with Gasteiger partial charge < -0.3 is 15.1 Å². The Morgan fingerprint density at radius 2 is 2.33 bits per heavy atom. The number of hydrogen-bond acceptors (Lipinski definition) is 5. The molecule has 1 fully saturated rings. The van der Waals surface area contributed by atoms with Crippen LogP contribution in [0.25, 0.3) is 10.2 Å². The Morgan fingerprint density at radius 1 is 1.50 bits per heavy atom. The summed E-state index contributed by atoms with van der Waals surface area (Å²) < 4.78 is 0.994. The van der Waals surface area contributed by atoms with E-state index in [-0.39, 0.29) is 11.8 Å². The number of piperidine rings is 1. The molecule has 1 amide bonds. The number of carbonyl (C=O) groups is 1. The third-order valence-corrected chi connectivity index (χ3v) is 5.58. The van der Waals surface area contributed by atoms with Gasteiger partial charge in [0.25, 0.3) is 0 Å². The van der Waals surface area contributed by atoms with Gasteiger partial charge in [-0.1, -0.05) is 29.0 Å². The number of nitrogens with zero attached hydrogens (tertiary/aromatic N) is 3. The molecule has 2 heterocycles. The van der Waals surface area contributed by atoms with Crippen molar-refractivity contribution in [1.29, 1.82) is 0 Å². The largest absolute Gasteiger partial charge is 0.308 e. The minimum Gasteiger partial charge on any atom is -0.308 e. The highest BCUT2D eigenvalue weighted by atomic mass is 35.5. The third kappa shape index (κ3) is 4.25. The molecule has 7 heteroatoms. The van der Waals surface area contributed by atoms with Crippen LogP contribution in [0.5, 0.6) is 0 Å². The first kappa shape index (κ1) is 17.6. The molecule has 1 aromatic heterocycles. The number of nitrogens with one attached hydrogen (secondary N) is 1. The number of rotatable bonds is 5. The number of anilines is 1. The predicted octanol–water partition coefficient (Wildman–Crippen LogP) is 3.16. The molecule has 1 aliphatic rings. The Hall–Kier alpha value is -1.21. The Kier molecular flexibility index (Phi) is 5.71. The summed E-state index contributed by atoms with van der Waals surface area (Å²) >= 11 is 7.63. The fourth-order valence-electron chi connectivity index (χ4n) is 2.99. The van der Waals surface area contributed by atoms with Crippen LogP contribution in [-0.4, -0.2) is 61.0 Å². The maximum Gasteiger partial charge on any atom is 0.230 e. The monoisotopic (exact) mass is 366 g/mol. The number of aromatic nitrogens is 1. The van der Waals surface area contributed by atoms with Crippen LogP contribution in [0.15, 0.2) is 18.2 Å². The minimum atomic E-state index is 0.0309. The molecule has 130 valence electrons. The summed E-state index contributed by atoms with van der Waals surface area (Å²) in [6.45, 7) is 3.93. The molecule has 1 atom stereocenters. The highest BCUT2D eigenvalue weighted by molar-refractivity contribution is 7.22. The molecule has 1 unspecified atom stereocenters. The second-order valence-corrected chi connectivity index (χ2v) is 7.98. The van der Waals surface area contributed by atoms with Gasteiger partial charge >= 0.3 is 0 Å². The Bertz CT molecular complexity index is 718. The number of likely N-dealkylation sites (tertiary alicyclic amines) is 1. The van der Waals surface area contributed by atoms with Gasteiger partial charge in [-0.3, -0.25) is 4.79 Å². The van der Waals surface area contributed by atoms with Crippen LogP contribution in [0.3, 0.4) is 0 Å². The maximum atomic E-state index is 12.6. The molecular weight excluding hydrogens is 344 g/mol. The van der Waals surface area contributed by atoms with Gasteiger partial charge in [-0.25, -0.2) is 4.98 Å². The van der Waals surface area contributed by atoms with E-state index in [4.69, 9.17) is 11.6 Å². The van der Waals surface area contributed by atoms with Crippen molar-refractivity contribution in [2.75, 3.05) is 45.6 Å². The highest BCUT2D eigenvalue weighted by Gasteiger charge is 2.26. The molecule has 1 saturated heterocycles. The van der Waals surface area contributed by atoms with Gasteiger partial charge in [-0.15, -0.1) is 0 Å². The Morgan fingerprint density at radius 3 is 3.08 bits per heavy atom. The second-order valence-electron chi connectivity index (χ2n) is 6.54.